The summed E-state index contributed by atoms with van der Waals surface area (Å²) in [5.74, 6) is 0. The van der Waals surface area contributed by atoms with Gasteiger partial charge in [-0.25, -0.2) is 0 Å². The molecule has 0 saturated heterocycles. The van der Waals surface area contributed by atoms with Crippen LogP contribution in [0.1, 0.15) is 22.7 Å². The summed E-state index contributed by atoms with van der Waals surface area (Å²) < 4.78 is 1.12. The van der Waals surface area contributed by atoms with Crippen LogP contribution < -0.4 is 4.90 Å². The third-order valence-corrected chi connectivity index (χ3v) is 4.31. The zero-order valence-electron chi connectivity index (χ0n) is 11.2. The molecule has 1 aliphatic carbocycles. The van der Waals surface area contributed by atoms with E-state index in [0.29, 0.717) is 6.04 Å². The fraction of sp³-hybridized carbons (Fsp3) is 0.125. The summed E-state index contributed by atoms with van der Waals surface area (Å²) in [6.45, 7) is 0. The zero-order chi connectivity index (χ0) is 15.0. The van der Waals surface area contributed by atoms with Gasteiger partial charge in [0.1, 0.15) is 0 Å². The second-order valence-corrected chi connectivity index (χ2v) is 9.52. The molecule has 0 bridgehead atoms. The quantitative estimate of drug-likeness (QED) is 0.466. The first-order valence-corrected chi connectivity index (χ1v) is 13.5. The van der Waals surface area contributed by atoms with Crippen molar-refractivity contribution in [2.75, 3.05) is 11.9 Å². The standard InChI is InChI=1S/C16H11BrN.2ClH.Zr/c1-18-15-5-3-2-4-13(15)14-9-10-8-11(17)6-7-12(10)16(14)18;;;/h2-8,16H,1H3;2*1H;/q-1;;;+2/p-2. The fourth-order valence-corrected chi connectivity index (χ4v) is 3.37. The molecule has 21 heavy (non-hydrogen) atoms. The molecule has 0 N–H and O–H groups in total. The normalized spacial score (nSPS) is 17.2. The average molecular weight is 459 g/mol. The monoisotopic (exact) mass is 456 g/mol. The molecule has 0 radical (unpaired) electrons. The summed E-state index contributed by atoms with van der Waals surface area (Å²) in [7, 11) is 12.0. The molecule has 1 nitrogen and oxygen atoms in total. The second-order valence-electron chi connectivity index (χ2n) is 4.87. The zero-order valence-corrected chi connectivity index (χ0v) is 16.8. The number of hydrogen-bond donors (Lipinski definition) is 0. The number of fused-ring (bicyclic) bond motifs is 5. The number of para-hydroxylation sites is 1. The van der Waals surface area contributed by atoms with Gasteiger partial charge in [-0.15, -0.1) is 23.3 Å². The Hall–Kier alpha value is -0.0769. The first kappa shape index (κ1) is 15.8. The van der Waals surface area contributed by atoms with Gasteiger partial charge in [-0.1, -0.05) is 57.4 Å². The van der Waals surface area contributed by atoms with Crippen molar-refractivity contribution in [3.8, 4) is 0 Å². The van der Waals surface area contributed by atoms with Crippen molar-refractivity contribution in [1.29, 1.82) is 0 Å². The maximum atomic E-state index is 4.93. The van der Waals surface area contributed by atoms with Crippen molar-refractivity contribution in [1.82, 2.24) is 0 Å². The van der Waals surface area contributed by atoms with Crippen LogP contribution in [0.4, 0.5) is 5.69 Å². The van der Waals surface area contributed by atoms with E-state index in [4.69, 9.17) is 17.0 Å². The molecule has 0 fully saturated rings. The van der Waals surface area contributed by atoms with Gasteiger partial charge in [0.25, 0.3) is 0 Å². The van der Waals surface area contributed by atoms with Crippen molar-refractivity contribution in [3.05, 3.63) is 69.7 Å². The van der Waals surface area contributed by atoms with Crippen LogP contribution in [0, 0.1) is 6.08 Å². The number of anilines is 1. The number of halogens is 3. The fourth-order valence-electron chi connectivity index (χ4n) is 3.01. The molecule has 0 spiro atoms. The van der Waals surface area contributed by atoms with E-state index in [2.05, 4.69) is 76.4 Å². The van der Waals surface area contributed by atoms with Crippen molar-refractivity contribution >= 4 is 44.2 Å². The van der Waals surface area contributed by atoms with Gasteiger partial charge in [0.2, 0.25) is 0 Å². The molecule has 1 unspecified atom stereocenters. The first-order valence-electron chi connectivity index (χ1n) is 6.39. The molecule has 5 heteroatoms. The predicted molar refractivity (Wildman–Crippen MR) is 89.2 cm³/mol. The van der Waals surface area contributed by atoms with E-state index in [-0.39, 0.29) is 0 Å². The first-order chi connectivity index (χ1) is 10.2. The van der Waals surface area contributed by atoms with Gasteiger partial charge in [-0.3, -0.25) is 0 Å². The van der Waals surface area contributed by atoms with Crippen LogP contribution in [0.2, 0.25) is 0 Å². The molecule has 2 aliphatic rings. The minimum absolute atomic E-state index is 0.338. The Kier molecular flexibility index (Phi) is 4.95. The SMILES string of the molecule is CN1c2ccccc2C2=[C-]c3cc(Br)ccc3C21.[Cl][Zr][Cl]. The van der Waals surface area contributed by atoms with E-state index < -0.39 is 20.8 Å². The number of hydrogen-bond acceptors (Lipinski definition) is 1. The Bertz CT molecular complexity index is 717. The second kappa shape index (κ2) is 6.58. The van der Waals surface area contributed by atoms with Crippen LogP contribution in [0.3, 0.4) is 0 Å². The number of rotatable bonds is 0. The number of likely N-dealkylation sites (N-methyl/N-ethyl adjacent to an activating group) is 1. The molecule has 2 aromatic carbocycles. The summed E-state index contributed by atoms with van der Waals surface area (Å²) in [5.41, 5.74) is 6.50. The van der Waals surface area contributed by atoms with Crippen molar-refractivity contribution < 1.29 is 20.8 Å². The molecule has 1 heterocycles. The van der Waals surface area contributed by atoms with E-state index in [1.54, 1.807) is 0 Å². The molecular formula is C16H11BrCl2NZr-. The van der Waals surface area contributed by atoms with E-state index in [9.17, 15) is 0 Å². The predicted octanol–water partition coefficient (Wildman–Crippen LogP) is 5.56. The van der Waals surface area contributed by atoms with Crippen LogP contribution >= 0.6 is 33.0 Å². The van der Waals surface area contributed by atoms with E-state index in [1.165, 1.54) is 28.0 Å². The van der Waals surface area contributed by atoms with Gasteiger partial charge in [-0.2, -0.15) is 0 Å². The van der Waals surface area contributed by atoms with Gasteiger partial charge < -0.3 is 4.90 Å². The van der Waals surface area contributed by atoms with Crippen LogP contribution in [0.25, 0.3) is 5.57 Å². The van der Waals surface area contributed by atoms with Crippen molar-refractivity contribution in [2.24, 2.45) is 0 Å². The van der Waals surface area contributed by atoms with Crippen LogP contribution in [-0.4, -0.2) is 7.05 Å². The Labute approximate surface area is 151 Å². The number of nitrogens with zero attached hydrogens (tertiary/aromatic N) is 1. The van der Waals surface area contributed by atoms with Gasteiger partial charge in [0, 0.05) is 18.8 Å². The Balaban J connectivity index is 0.000000409. The summed E-state index contributed by atoms with van der Waals surface area (Å²) in [5, 5.41) is 0. The van der Waals surface area contributed by atoms with E-state index >= 15 is 0 Å². The molecule has 1 atom stereocenters. The third-order valence-electron chi connectivity index (χ3n) is 3.81. The van der Waals surface area contributed by atoms with Crippen molar-refractivity contribution in [2.45, 2.75) is 6.04 Å². The van der Waals surface area contributed by atoms with Crippen molar-refractivity contribution in [3.63, 3.8) is 0 Å². The van der Waals surface area contributed by atoms with Crippen LogP contribution in [-0.2, 0) is 20.8 Å². The number of benzene rings is 2. The summed E-state index contributed by atoms with van der Waals surface area (Å²) in [6, 6.07) is 15.4. The van der Waals surface area contributed by atoms with Gasteiger partial charge in [0.05, 0.1) is 0 Å². The minimum atomic E-state index is -0.826. The summed E-state index contributed by atoms with van der Waals surface area (Å²) in [6.07, 6.45) is 3.57. The van der Waals surface area contributed by atoms with Crippen LogP contribution in [0.15, 0.2) is 46.9 Å². The van der Waals surface area contributed by atoms with E-state index in [1.807, 2.05) is 0 Å². The molecule has 0 amide bonds. The molecule has 1 aliphatic heterocycles. The van der Waals surface area contributed by atoms with Crippen LogP contribution in [0.5, 0.6) is 0 Å². The summed E-state index contributed by atoms with van der Waals surface area (Å²) >= 11 is 2.70. The molecule has 0 aromatic heterocycles. The third kappa shape index (κ3) is 2.79. The van der Waals surface area contributed by atoms with Gasteiger partial charge >= 0.3 is 37.9 Å². The van der Waals surface area contributed by atoms with Gasteiger partial charge in [0.15, 0.2) is 0 Å². The molecular weight excluding hydrogens is 448 g/mol. The van der Waals surface area contributed by atoms with Gasteiger partial charge in [-0.05, 0) is 10.5 Å². The molecule has 4 rings (SSSR count). The topological polar surface area (TPSA) is 3.24 Å². The maximum absolute atomic E-state index is 4.93. The average Bonchev–Trinajstić information content (AvgIpc) is 2.97. The van der Waals surface area contributed by atoms with E-state index in [0.717, 1.165) is 4.47 Å². The Morgan fingerprint density at radius 1 is 1.19 bits per heavy atom. The molecule has 106 valence electrons. The molecule has 2 aromatic rings. The molecule has 0 saturated carbocycles. The summed E-state index contributed by atoms with van der Waals surface area (Å²) in [4.78, 5) is 2.34. The Morgan fingerprint density at radius 2 is 1.90 bits per heavy atom. The Morgan fingerprint density at radius 3 is 2.67 bits per heavy atom.